The monoisotopic (exact) mass is 260 g/mol. The van der Waals surface area contributed by atoms with Crippen molar-refractivity contribution in [1.29, 1.82) is 5.26 Å². The van der Waals surface area contributed by atoms with Crippen molar-refractivity contribution in [3.05, 3.63) is 29.3 Å². The second-order valence-corrected chi connectivity index (χ2v) is 3.18. The van der Waals surface area contributed by atoms with Crippen LogP contribution in [-0.2, 0) is 6.54 Å². The van der Waals surface area contributed by atoms with Gasteiger partial charge in [-0.05, 0) is 25.7 Å². The molecule has 0 heterocycles. The van der Waals surface area contributed by atoms with E-state index in [0.29, 0.717) is 0 Å². The van der Waals surface area contributed by atoms with Crippen LogP contribution in [-0.4, -0.2) is 19.0 Å². The molecule has 0 saturated carbocycles. The maximum absolute atomic E-state index is 11.2. The van der Waals surface area contributed by atoms with Gasteiger partial charge < -0.3 is 10.0 Å². The van der Waals surface area contributed by atoms with E-state index in [1.165, 1.54) is 6.07 Å². The summed E-state index contributed by atoms with van der Waals surface area (Å²) in [5, 5.41) is 19.7. The Morgan fingerprint density at radius 3 is 2.50 bits per heavy atom. The van der Waals surface area contributed by atoms with E-state index >= 15 is 0 Å². The van der Waals surface area contributed by atoms with Gasteiger partial charge in [-0.3, -0.25) is 0 Å². The fraction of sp³-hybridized carbons (Fsp3) is 0.300. The van der Waals surface area contributed by atoms with Gasteiger partial charge in [-0.2, -0.15) is 5.26 Å². The first-order chi connectivity index (χ1) is 6.13. The van der Waals surface area contributed by atoms with Gasteiger partial charge in [0.1, 0.15) is 0 Å². The number of nitrogens with zero attached hydrogens (tertiary/aromatic N) is 2. The van der Waals surface area contributed by atoms with Crippen LogP contribution in [0.4, 0.5) is 0 Å². The molecule has 0 spiro atoms. The Kier molecular flexibility index (Phi) is 6.83. The van der Waals surface area contributed by atoms with Crippen molar-refractivity contribution in [1.82, 2.24) is 4.90 Å². The van der Waals surface area contributed by atoms with Crippen LogP contribution in [0, 0.1) is 11.3 Å². The minimum Gasteiger partial charge on any atom is -0.872 e. The van der Waals surface area contributed by atoms with Crippen LogP contribution in [0.1, 0.15) is 11.1 Å². The molecule has 0 aliphatic heterocycles. The topological polar surface area (TPSA) is 50.1 Å². The molecule has 0 N–H and O–H groups in total. The summed E-state index contributed by atoms with van der Waals surface area (Å²) in [5.41, 5.74) is 1.15. The van der Waals surface area contributed by atoms with Crippen molar-refractivity contribution in [3.63, 3.8) is 0 Å². The van der Waals surface area contributed by atoms with Gasteiger partial charge in [0.25, 0.3) is 0 Å². The van der Waals surface area contributed by atoms with E-state index in [1.54, 1.807) is 12.1 Å². The molecule has 4 heteroatoms. The summed E-state index contributed by atoms with van der Waals surface area (Å²) in [4.78, 5) is 1.97. The second-order valence-electron chi connectivity index (χ2n) is 3.18. The molecular weight excluding hydrogens is 250 g/mol. The van der Waals surface area contributed by atoms with E-state index < -0.39 is 0 Å². The fourth-order valence-corrected chi connectivity index (χ4v) is 1.12. The Hall–Kier alpha value is 0.275. The molecule has 1 aromatic rings. The van der Waals surface area contributed by atoms with Crippen LogP contribution in [0.25, 0.3) is 0 Å². The summed E-state index contributed by atoms with van der Waals surface area (Å²) in [6.45, 7) is 0.723. The maximum atomic E-state index is 11.2. The van der Waals surface area contributed by atoms with E-state index in [-0.39, 0.29) is 69.5 Å². The largest absolute Gasteiger partial charge is 1.00 e. The zero-order chi connectivity index (χ0) is 9.84. The molecule has 0 fully saturated rings. The molecule has 14 heavy (non-hydrogen) atoms. The minimum absolute atomic E-state index is 0. The van der Waals surface area contributed by atoms with Gasteiger partial charge in [-0.1, -0.05) is 17.9 Å². The Morgan fingerprint density at radius 2 is 2.07 bits per heavy atom. The SMILES string of the molecule is CN(C)Cc1ccc(C#N)c([O-])c1.[Rb+]. The average molecular weight is 261 g/mol. The minimum atomic E-state index is -0.193. The van der Waals surface area contributed by atoms with Crippen LogP contribution in [0.2, 0.25) is 0 Å². The van der Waals surface area contributed by atoms with Gasteiger partial charge in [-0.15, -0.1) is 0 Å². The van der Waals surface area contributed by atoms with Gasteiger partial charge in [0.05, 0.1) is 6.07 Å². The summed E-state index contributed by atoms with van der Waals surface area (Å²) in [7, 11) is 3.87. The molecule has 0 unspecified atom stereocenters. The normalized spacial score (nSPS) is 9.29. The maximum Gasteiger partial charge on any atom is 1.00 e. The summed E-state index contributed by atoms with van der Waals surface area (Å²) in [6, 6.07) is 6.74. The predicted octanol–water partition coefficient (Wildman–Crippen LogP) is -2.30. The van der Waals surface area contributed by atoms with Crippen LogP contribution >= 0.6 is 0 Å². The molecule has 0 aromatic heterocycles. The van der Waals surface area contributed by atoms with Crippen LogP contribution in [0.5, 0.6) is 5.75 Å². The van der Waals surface area contributed by atoms with Gasteiger partial charge in [0.15, 0.2) is 0 Å². The zero-order valence-electron chi connectivity index (χ0n) is 8.74. The van der Waals surface area contributed by atoms with Gasteiger partial charge in [0.2, 0.25) is 0 Å². The van der Waals surface area contributed by atoms with E-state index in [0.717, 1.165) is 12.1 Å². The third-order valence-electron chi connectivity index (χ3n) is 1.67. The van der Waals surface area contributed by atoms with E-state index in [2.05, 4.69) is 0 Å². The van der Waals surface area contributed by atoms with Gasteiger partial charge in [-0.25, -0.2) is 0 Å². The van der Waals surface area contributed by atoms with Crippen molar-refractivity contribution < 1.29 is 63.3 Å². The third-order valence-corrected chi connectivity index (χ3v) is 1.67. The van der Waals surface area contributed by atoms with Gasteiger partial charge in [0, 0.05) is 12.1 Å². The average Bonchev–Trinajstić information content (AvgIpc) is 2.03. The molecule has 3 nitrogen and oxygen atoms in total. The van der Waals surface area contributed by atoms with Crippen molar-refractivity contribution in [2.24, 2.45) is 0 Å². The summed E-state index contributed by atoms with van der Waals surface area (Å²) < 4.78 is 0. The molecule has 1 aromatic carbocycles. The molecule has 68 valence electrons. The van der Waals surface area contributed by atoms with E-state index in [9.17, 15) is 5.11 Å². The zero-order valence-corrected chi connectivity index (χ0v) is 13.7. The van der Waals surface area contributed by atoms with Crippen LogP contribution < -0.4 is 63.3 Å². The quantitative estimate of drug-likeness (QED) is 0.601. The second kappa shape index (κ2) is 6.70. The predicted molar refractivity (Wildman–Crippen MR) is 48.0 cm³/mol. The number of hydrogen-bond acceptors (Lipinski definition) is 3. The molecule has 0 amide bonds. The molecule has 0 saturated heterocycles. The summed E-state index contributed by atoms with van der Waals surface area (Å²) >= 11 is 0. The van der Waals surface area contributed by atoms with E-state index in [4.69, 9.17) is 5.26 Å². The molecule has 0 aliphatic rings. The first kappa shape index (κ1) is 14.3. The van der Waals surface area contributed by atoms with Crippen molar-refractivity contribution >= 4 is 0 Å². The van der Waals surface area contributed by atoms with E-state index in [1.807, 2.05) is 25.1 Å². The number of hydrogen-bond donors (Lipinski definition) is 0. The molecule has 0 aliphatic carbocycles. The number of nitriles is 1. The number of benzene rings is 1. The molecule has 0 radical (unpaired) electrons. The van der Waals surface area contributed by atoms with Crippen LogP contribution in [0.3, 0.4) is 0 Å². The van der Waals surface area contributed by atoms with Crippen molar-refractivity contribution in [2.45, 2.75) is 6.54 Å². The molecule has 0 bridgehead atoms. The standard InChI is InChI=1S/C10H12N2O.Rb/c1-12(2)7-8-3-4-9(6-11)10(13)5-8;/h3-5,13H,7H2,1-2H3;/q;+1/p-1. The summed E-state index contributed by atoms with van der Waals surface area (Å²) in [5.74, 6) is -0.193. The van der Waals surface area contributed by atoms with Crippen LogP contribution in [0.15, 0.2) is 18.2 Å². The molecule has 0 atom stereocenters. The van der Waals surface area contributed by atoms with Crippen molar-refractivity contribution in [3.8, 4) is 11.8 Å². The smallest absolute Gasteiger partial charge is 0.872 e. The van der Waals surface area contributed by atoms with Gasteiger partial charge >= 0.3 is 58.2 Å². The first-order valence-corrected chi connectivity index (χ1v) is 3.98. The Bertz CT molecular complexity index is 344. The third kappa shape index (κ3) is 4.20. The Morgan fingerprint density at radius 1 is 1.43 bits per heavy atom. The molecule has 1 rings (SSSR count). The molecular formula is C10H11N2ORb. The Labute approximate surface area is 133 Å². The first-order valence-electron chi connectivity index (χ1n) is 3.98. The van der Waals surface area contributed by atoms with Crippen molar-refractivity contribution in [2.75, 3.05) is 14.1 Å². The number of rotatable bonds is 2. The summed E-state index contributed by atoms with van der Waals surface area (Å²) in [6.07, 6.45) is 0. The Balaban J connectivity index is 0.00000169. The fourth-order valence-electron chi connectivity index (χ4n) is 1.12.